The van der Waals surface area contributed by atoms with Crippen LogP contribution in [0.25, 0.3) is 11.0 Å². The van der Waals surface area contributed by atoms with Gasteiger partial charge in [0, 0.05) is 12.6 Å². The number of fused-ring (bicyclic) bond motifs is 1. The summed E-state index contributed by atoms with van der Waals surface area (Å²) >= 11 is 0. The van der Waals surface area contributed by atoms with Crippen molar-refractivity contribution >= 4 is 11.0 Å². The fourth-order valence-electron chi connectivity index (χ4n) is 2.24. The summed E-state index contributed by atoms with van der Waals surface area (Å²) in [4.78, 5) is 0. The normalized spacial score (nSPS) is 17.5. The molecule has 1 aliphatic carbocycles. The fraction of sp³-hybridized carbons (Fsp3) is 0.538. The molecule has 1 aromatic heterocycles. The van der Waals surface area contributed by atoms with Gasteiger partial charge in [0.25, 0.3) is 0 Å². The third-order valence-electron chi connectivity index (χ3n) is 3.54. The Morgan fingerprint density at radius 2 is 2.24 bits per heavy atom. The van der Waals surface area contributed by atoms with Gasteiger partial charge < -0.3 is 5.32 Å². The molecule has 4 heteroatoms. The van der Waals surface area contributed by atoms with Gasteiger partial charge in [0.2, 0.25) is 0 Å². The van der Waals surface area contributed by atoms with Crippen LogP contribution in [0.3, 0.4) is 0 Å². The minimum atomic E-state index is 0.643. The van der Waals surface area contributed by atoms with Crippen molar-refractivity contribution < 1.29 is 0 Å². The molecule has 0 saturated heterocycles. The van der Waals surface area contributed by atoms with E-state index in [1.165, 1.54) is 12.8 Å². The van der Waals surface area contributed by atoms with E-state index in [0.717, 1.165) is 30.0 Å². The summed E-state index contributed by atoms with van der Waals surface area (Å²) in [5.41, 5.74) is 2.09. The first-order valence-electron chi connectivity index (χ1n) is 6.36. The Hall–Kier alpha value is -1.42. The zero-order chi connectivity index (χ0) is 11.7. The number of hydrogen-bond donors (Lipinski definition) is 1. The first kappa shape index (κ1) is 10.7. The first-order chi connectivity index (χ1) is 8.34. The van der Waals surface area contributed by atoms with E-state index in [2.05, 4.69) is 28.6 Å². The van der Waals surface area contributed by atoms with Crippen molar-refractivity contribution in [2.45, 2.75) is 32.4 Å². The van der Waals surface area contributed by atoms with E-state index in [9.17, 15) is 0 Å². The van der Waals surface area contributed by atoms with Crippen LogP contribution in [-0.4, -0.2) is 27.6 Å². The van der Waals surface area contributed by atoms with Crippen molar-refractivity contribution in [3.05, 3.63) is 24.3 Å². The molecule has 0 aliphatic heterocycles. The maximum absolute atomic E-state index is 4.18. The summed E-state index contributed by atoms with van der Waals surface area (Å²) in [5.74, 6) is 0.905. The number of benzene rings is 1. The van der Waals surface area contributed by atoms with Gasteiger partial charge in [0.15, 0.2) is 0 Å². The molecule has 17 heavy (non-hydrogen) atoms. The van der Waals surface area contributed by atoms with E-state index < -0.39 is 0 Å². The van der Waals surface area contributed by atoms with Gasteiger partial charge in [-0.25, -0.2) is 4.68 Å². The molecule has 1 aliphatic rings. The second-order valence-electron chi connectivity index (χ2n) is 4.88. The molecule has 4 nitrogen and oxygen atoms in total. The Bertz CT molecular complexity index is 501. The number of rotatable bonds is 5. The van der Waals surface area contributed by atoms with Crippen LogP contribution in [0.1, 0.15) is 19.8 Å². The molecular formula is C13H18N4. The van der Waals surface area contributed by atoms with Crippen LogP contribution < -0.4 is 5.32 Å². The minimum Gasteiger partial charge on any atom is -0.312 e. The van der Waals surface area contributed by atoms with Gasteiger partial charge >= 0.3 is 0 Å². The Morgan fingerprint density at radius 1 is 1.41 bits per heavy atom. The molecule has 1 fully saturated rings. The molecule has 0 spiro atoms. The standard InChI is InChI=1S/C13H18N4/c1-10(11-6-7-11)14-8-9-17-13-5-3-2-4-12(13)15-16-17/h2-5,10-11,14H,6-9H2,1H3. The van der Waals surface area contributed by atoms with Crippen LogP contribution in [0.15, 0.2) is 24.3 Å². The van der Waals surface area contributed by atoms with Crippen LogP contribution in [0.4, 0.5) is 0 Å². The Kier molecular flexibility index (Phi) is 2.81. The van der Waals surface area contributed by atoms with Gasteiger partial charge in [-0.05, 0) is 37.8 Å². The van der Waals surface area contributed by atoms with E-state index in [-0.39, 0.29) is 0 Å². The predicted octanol–water partition coefficient (Wildman–Crippen LogP) is 1.82. The Morgan fingerprint density at radius 3 is 3.06 bits per heavy atom. The van der Waals surface area contributed by atoms with Crippen molar-refractivity contribution in [3.8, 4) is 0 Å². The quantitative estimate of drug-likeness (QED) is 0.852. The zero-order valence-electron chi connectivity index (χ0n) is 10.1. The summed E-state index contributed by atoms with van der Waals surface area (Å²) in [7, 11) is 0. The van der Waals surface area contributed by atoms with Crippen LogP contribution in [-0.2, 0) is 6.54 Å². The van der Waals surface area contributed by atoms with Crippen molar-refractivity contribution in [2.75, 3.05) is 6.54 Å². The molecule has 1 aromatic carbocycles. The van der Waals surface area contributed by atoms with Crippen LogP contribution in [0.5, 0.6) is 0 Å². The van der Waals surface area contributed by atoms with Gasteiger partial charge in [-0.1, -0.05) is 17.3 Å². The Labute approximate surface area is 101 Å². The number of para-hydroxylation sites is 1. The molecule has 1 unspecified atom stereocenters. The van der Waals surface area contributed by atoms with Gasteiger partial charge in [-0.3, -0.25) is 0 Å². The van der Waals surface area contributed by atoms with E-state index in [0.29, 0.717) is 6.04 Å². The molecule has 0 bridgehead atoms. The lowest BCUT2D eigenvalue weighted by atomic mass is 10.2. The molecule has 1 heterocycles. The van der Waals surface area contributed by atoms with Gasteiger partial charge in [-0.2, -0.15) is 0 Å². The van der Waals surface area contributed by atoms with E-state index >= 15 is 0 Å². The van der Waals surface area contributed by atoms with Crippen LogP contribution in [0.2, 0.25) is 0 Å². The molecule has 0 amide bonds. The third kappa shape index (κ3) is 2.31. The average Bonchev–Trinajstić information content (AvgIpc) is 3.12. The predicted molar refractivity (Wildman–Crippen MR) is 67.7 cm³/mol. The number of nitrogens with one attached hydrogen (secondary N) is 1. The maximum atomic E-state index is 4.18. The highest BCUT2D eigenvalue weighted by atomic mass is 15.4. The highest BCUT2D eigenvalue weighted by Crippen LogP contribution is 2.32. The van der Waals surface area contributed by atoms with Crippen molar-refractivity contribution in [1.29, 1.82) is 0 Å². The maximum Gasteiger partial charge on any atom is 0.113 e. The molecule has 2 aromatic rings. The summed E-state index contributed by atoms with van der Waals surface area (Å²) in [6.45, 7) is 4.12. The number of aromatic nitrogens is 3. The summed E-state index contributed by atoms with van der Waals surface area (Å²) in [6, 6.07) is 8.74. The van der Waals surface area contributed by atoms with Crippen molar-refractivity contribution in [1.82, 2.24) is 20.3 Å². The van der Waals surface area contributed by atoms with Gasteiger partial charge in [0.1, 0.15) is 5.52 Å². The molecular weight excluding hydrogens is 212 g/mol. The summed E-state index contributed by atoms with van der Waals surface area (Å²) < 4.78 is 1.97. The largest absolute Gasteiger partial charge is 0.312 e. The lowest BCUT2D eigenvalue weighted by molar-refractivity contribution is 0.463. The molecule has 1 N–H and O–H groups in total. The number of hydrogen-bond acceptors (Lipinski definition) is 3. The van der Waals surface area contributed by atoms with Crippen LogP contribution in [0, 0.1) is 5.92 Å². The fourth-order valence-corrected chi connectivity index (χ4v) is 2.24. The first-order valence-corrected chi connectivity index (χ1v) is 6.36. The average molecular weight is 230 g/mol. The molecule has 90 valence electrons. The molecule has 3 rings (SSSR count). The SMILES string of the molecule is CC(NCCn1nnc2ccccc21)C1CC1. The third-order valence-corrected chi connectivity index (χ3v) is 3.54. The topological polar surface area (TPSA) is 42.7 Å². The monoisotopic (exact) mass is 230 g/mol. The second-order valence-corrected chi connectivity index (χ2v) is 4.88. The lowest BCUT2D eigenvalue weighted by Crippen LogP contribution is -2.31. The summed E-state index contributed by atoms with van der Waals surface area (Å²) in [6.07, 6.45) is 2.78. The molecule has 1 atom stereocenters. The van der Waals surface area contributed by atoms with Gasteiger partial charge in [0.05, 0.1) is 12.1 Å². The van der Waals surface area contributed by atoms with Crippen molar-refractivity contribution in [3.63, 3.8) is 0 Å². The lowest BCUT2D eigenvalue weighted by Gasteiger charge is -2.12. The molecule has 0 radical (unpaired) electrons. The Balaban J connectivity index is 1.60. The summed E-state index contributed by atoms with van der Waals surface area (Å²) in [5, 5.41) is 11.9. The van der Waals surface area contributed by atoms with Crippen LogP contribution >= 0.6 is 0 Å². The van der Waals surface area contributed by atoms with E-state index in [1.54, 1.807) is 0 Å². The van der Waals surface area contributed by atoms with Gasteiger partial charge in [-0.15, -0.1) is 5.10 Å². The highest BCUT2D eigenvalue weighted by Gasteiger charge is 2.27. The van der Waals surface area contributed by atoms with Crippen molar-refractivity contribution in [2.24, 2.45) is 5.92 Å². The second kappa shape index (κ2) is 4.45. The highest BCUT2D eigenvalue weighted by molar-refractivity contribution is 5.73. The van der Waals surface area contributed by atoms with E-state index in [4.69, 9.17) is 0 Å². The molecule has 1 saturated carbocycles. The smallest absolute Gasteiger partial charge is 0.113 e. The van der Waals surface area contributed by atoms with E-state index in [1.807, 2.05) is 22.9 Å². The zero-order valence-corrected chi connectivity index (χ0v) is 10.1. The minimum absolute atomic E-state index is 0.643. The number of nitrogens with zero attached hydrogens (tertiary/aromatic N) is 3.